The second-order valence-electron chi connectivity index (χ2n) is 7.46. The van der Waals surface area contributed by atoms with Crippen molar-refractivity contribution in [1.82, 2.24) is 4.90 Å². The van der Waals surface area contributed by atoms with Gasteiger partial charge in [-0.25, -0.2) is 0 Å². The number of phenolic OH excluding ortho intramolecular Hbond substituents is 1. The van der Waals surface area contributed by atoms with E-state index in [1.165, 1.54) is 5.56 Å². The molecule has 1 aliphatic carbocycles. The lowest BCUT2D eigenvalue weighted by molar-refractivity contribution is 0.0773. The normalized spacial score (nSPS) is 22.3. The number of hydrogen-bond acceptors (Lipinski definition) is 3. The van der Waals surface area contributed by atoms with Gasteiger partial charge in [0.2, 0.25) is 0 Å². The van der Waals surface area contributed by atoms with Gasteiger partial charge in [-0.1, -0.05) is 28.1 Å². The minimum absolute atomic E-state index is 0.0225. The van der Waals surface area contributed by atoms with Crippen molar-refractivity contribution in [3.8, 4) is 5.75 Å². The number of allylic oxidation sites excluding steroid dienone is 2. The van der Waals surface area contributed by atoms with Gasteiger partial charge in [0.15, 0.2) is 0 Å². The van der Waals surface area contributed by atoms with Gasteiger partial charge in [0.1, 0.15) is 5.75 Å². The van der Waals surface area contributed by atoms with Crippen molar-refractivity contribution in [3.05, 3.63) is 69.7 Å². The van der Waals surface area contributed by atoms with Gasteiger partial charge in [-0.2, -0.15) is 0 Å². The zero-order valence-electron chi connectivity index (χ0n) is 16.2. The Morgan fingerprint density at radius 3 is 2.71 bits per heavy atom. The average molecular weight is 441 g/mol. The molecule has 4 nitrogen and oxygen atoms in total. The van der Waals surface area contributed by atoms with Crippen LogP contribution >= 0.6 is 15.9 Å². The molecule has 0 aromatic heterocycles. The predicted molar refractivity (Wildman–Crippen MR) is 116 cm³/mol. The molecule has 5 heteroatoms. The van der Waals surface area contributed by atoms with Crippen LogP contribution in [0.4, 0.5) is 5.69 Å². The Balaban J connectivity index is 1.73. The summed E-state index contributed by atoms with van der Waals surface area (Å²) in [6, 6.07) is 11.6. The molecule has 0 saturated heterocycles. The van der Waals surface area contributed by atoms with Crippen LogP contribution in [0.5, 0.6) is 5.75 Å². The number of aromatic hydroxyl groups is 1. The lowest BCUT2D eigenvalue weighted by Gasteiger charge is -2.38. The van der Waals surface area contributed by atoms with E-state index >= 15 is 0 Å². The van der Waals surface area contributed by atoms with Crippen molar-refractivity contribution in [2.75, 3.05) is 18.4 Å². The molecule has 0 spiro atoms. The van der Waals surface area contributed by atoms with Crippen molar-refractivity contribution < 1.29 is 9.90 Å². The summed E-state index contributed by atoms with van der Waals surface area (Å²) >= 11 is 3.52. The average Bonchev–Trinajstić information content (AvgIpc) is 3.20. The minimum atomic E-state index is 0.0225. The molecule has 1 amide bonds. The maximum atomic E-state index is 12.8. The number of benzene rings is 2. The van der Waals surface area contributed by atoms with Crippen molar-refractivity contribution in [1.29, 1.82) is 0 Å². The number of fused-ring (bicyclic) bond motifs is 3. The van der Waals surface area contributed by atoms with Crippen LogP contribution in [-0.4, -0.2) is 29.0 Å². The van der Waals surface area contributed by atoms with Gasteiger partial charge >= 0.3 is 0 Å². The van der Waals surface area contributed by atoms with Gasteiger partial charge < -0.3 is 15.3 Å². The zero-order valence-corrected chi connectivity index (χ0v) is 17.7. The fourth-order valence-electron chi connectivity index (χ4n) is 4.50. The first-order valence-corrected chi connectivity index (χ1v) is 10.7. The number of hydrogen-bond donors (Lipinski definition) is 2. The molecule has 2 aromatic rings. The predicted octanol–water partition coefficient (Wildman–Crippen LogP) is 5.46. The van der Waals surface area contributed by atoms with Crippen molar-refractivity contribution in [2.45, 2.75) is 32.2 Å². The topological polar surface area (TPSA) is 52.6 Å². The Bertz CT molecular complexity index is 936. The van der Waals surface area contributed by atoms with Gasteiger partial charge in [0.25, 0.3) is 5.91 Å². The van der Waals surface area contributed by atoms with Crippen LogP contribution < -0.4 is 5.32 Å². The maximum absolute atomic E-state index is 12.8. The van der Waals surface area contributed by atoms with E-state index in [0.29, 0.717) is 24.8 Å². The van der Waals surface area contributed by atoms with E-state index in [-0.39, 0.29) is 17.9 Å². The molecular weight excluding hydrogens is 416 g/mol. The van der Waals surface area contributed by atoms with Crippen LogP contribution in [0.1, 0.15) is 53.7 Å². The third-order valence-electron chi connectivity index (χ3n) is 5.99. The van der Waals surface area contributed by atoms with Crippen LogP contribution in [0, 0.1) is 5.92 Å². The SMILES string of the molecule is CCN(CC)C(=O)c1ccc2c(c1)C1C=CCC1C(c1cc(Br)ccc1O)N2. The first-order valence-electron chi connectivity index (χ1n) is 9.88. The third kappa shape index (κ3) is 3.22. The van der Waals surface area contributed by atoms with E-state index < -0.39 is 0 Å². The highest BCUT2D eigenvalue weighted by molar-refractivity contribution is 9.10. The monoisotopic (exact) mass is 440 g/mol. The Labute approximate surface area is 174 Å². The molecule has 146 valence electrons. The molecule has 3 atom stereocenters. The molecular formula is C23H25BrN2O2. The van der Waals surface area contributed by atoms with Crippen molar-refractivity contribution >= 4 is 27.5 Å². The van der Waals surface area contributed by atoms with E-state index in [9.17, 15) is 9.90 Å². The summed E-state index contributed by atoms with van der Waals surface area (Å²) in [5, 5.41) is 14.1. The molecule has 2 aliphatic rings. The number of phenols is 1. The van der Waals surface area contributed by atoms with E-state index in [4.69, 9.17) is 0 Å². The number of nitrogens with one attached hydrogen (secondary N) is 1. The largest absolute Gasteiger partial charge is 0.508 e. The third-order valence-corrected chi connectivity index (χ3v) is 6.48. The molecule has 3 unspecified atom stereocenters. The molecule has 4 rings (SSSR count). The zero-order chi connectivity index (χ0) is 19.8. The molecule has 0 radical (unpaired) electrons. The highest BCUT2D eigenvalue weighted by Crippen LogP contribution is 2.51. The van der Waals surface area contributed by atoms with Crippen LogP contribution in [0.3, 0.4) is 0 Å². The highest BCUT2D eigenvalue weighted by Gasteiger charge is 2.39. The lowest BCUT2D eigenvalue weighted by Crippen LogP contribution is -2.32. The molecule has 1 aliphatic heterocycles. The summed E-state index contributed by atoms with van der Waals surface area (Å²) in [4.78, 5) is 14.7. The first-order chi connectivity index (χ1) is 13.5. The quantitative estimate of drug-likeness (QED) is 0.620. The summed E-state index contributed by atoms with van der Waals surface area (Å²) in [6.07, 6.45) is 5.41. The maximum Gasteiger partial charge on any atom is 0.253 e. The highest BCUT2D eigenvalue weighted by atomic mass is 79.9. The van der Waals surface area contributed by atoms with Gasteiger partial charge in [-0.15, -0.1) is 0 Å². The summed E-state index contributed by atoms with van der Waals surface area (Å²) in [5.74, 6) is 0.941. The molecule has 2 aromatic carbocycles. The number of carbonyl (C=O) groups excluding carboxylic acids is 1. The van der Waals surface area contributed by atoms with Crippen LogP contribution in [0.15, 0.2) is 53.0 Å². The molecule has 0 saturated carbocycles. The second kappa shape index (κ2) is 7.63. The van der Waals surface area contributed by atoms with Crippen molar-refractivity contribution in [2.24, 2.45) is 5.92 Å². The number of carbonyl (C=O) groups is 1. The molecule has 28 heavy (non-hydrogen) atoms. The van der Waals surface area contributed by atoms with E-state index in [0.717, 1.165) is 27.7 Å². The van der Waals surface area contributed by atoms with Crippen LogP contribution in [-0.2, 0) is 0 Å². The van der Waals surface area contributed by atoms with E-state index in [1.807, 2.05) is 49.1 Å². The van der Waals surface area contributed by atoms with Gasteiger partial charge in [0, 0.05) is 40.3 Å². The van der Waals surface area contributed by atoms with Gasteiger partial charge in [-0.05, 0) is 68.1 Å². The fraction of sp³-hybridized carbons (Fsp3) is 0.348. The summed E-state index contributed by atoms with van der Waals surface area (Å²) in [6.45, 7) is 5.43. The number of anilines is 1. The standard InChI is InChI=1S/C23H25BrN2O2/c1-3-26(4-2)23(28)14-8-10-20-18(12-14)16-6-5-7-17(16)22(25-20)19-13-15(24)9-11-21(19)27/h5-6,8-13,16-17,22,25,27H,3-4,7H2,1-2H3. The van der Waals surface area contributed by atoms with E-state index in [1.54, 1.807) is 6.07 Å². The Kier molecular flexibility index (Phi) is 5.19. The molecule has 0 fully saturated rings. The van der Waals surface area contributed by atoms with E-state index in [2.05, 4.69) is 33.4 Å². The number of nitrogens with zero attached hydrogens (tertiary/aromatic N) is 1. The Morgan fingerprint density at radius 1 is 1.18 bits per heavy atom. The number of amides is 1. The molecule has 0 bridgehead atoms. The van der Waals surface area contributed by atoms with Crippen LogP contribution in [0.2, 0.25) is 0 Å². The Morgan fingerprint density at radius 2 is 1.96 bits per heavy atom. The minimum Gasteiger partial charge on any atom is -0.508 e. The smallest absolute Gasteiger partial charge is 0.253 e. The number of rotatable bonds is 4. The van der Waals surface area contributed by atoms with Gasteiger partial charge in [-0.3, -0.25) is 4.79 Å². The summed E-state index contributed by atoms with van der Waals surface area (Å²) < 4.78 is 0.954. The van der Waals surface area contributed by atoms with Crippen molar-refractivity contribution in [3.63, 3.8) is 0 Å². The summed E-state index contributed by atoms with van der Waals surface area (Å²) in [5.41, 5.74) is 3.85. The first kappa shape index (κ1) is 19.1. The van der Waals surface area contributed by atoms with Gasteiger partial charge in [0.05, 0.1) is 6.04 Å². The molecule has 1 heterocycles. The Hall–Kier alpha value is -2.27. The second-order valence-corrected chi connectivity index (χ2v) is 8.37. The lowest BCUT2D eigenvalue weighted by atomic mass is 9.76. The van der Waals surface area contributed by atoms with Crippen LogP contribution in [0.25, 0.3) is 0 Å². The number of halogens is 1. The molecule has 2 N–H and O–H groups in total. The fourth-order valence-corrected chi connectivity index (χ4v) is 4.88. The summed E-state index contributed by atoms with van der Waals surface area (Å²) in [7, 11) is 0.